The molecule has 5 nitrogen and oxygen atoms in total. The molecule has 7 heteroatoms. The van der Waals surface area contributed by atoms with Gasteiger partial charge in [0.05, 0.1) is 11.6 Å². The molecule has 0 radical (unpaired) electrons. The molecule has 4 aromatic carbocycles. The highest BCUT2D eigenvalue weighted by molar-refractivity contribution is 5.86. The zero-order valence-corrected chi connectivity index (χ0v) is 25.0. The van der Waals surface area contributed by atoms with Gasteiger partial charge in [-0.25, -0.2) is 13.6 Å². The number of nitrogens with zero attached hydrogens (tertiary/aromatic N) is 2. The standard InChI is InChI=1S/C36H37F2N3O2/c1-35(2,3)40-34(42)43-36(4,30-16-10-14-25-13-8-9-15-28(25)30)21-27-17-18-41(23-29(27)26-11-6-5-7-12-26)33-31(37)19-24(22-39)20-32(33)38/h5-16,19-20,27,29H,17-18,21,23H2,1-4H3,(H,40,42)/t27?,29?,36-/m1/s1. The van der Waals surface area contributed by atoms with Gasteiger partial charge in [0.2, 0.25) is 0 Å². The maximum atomic E-state index is 15.1. The number of hydrogen-bond acceptors (Lipinski definition) is 4. The normalized spacial score (nSPS) is 18.5. The van der Waals surface area contributed by atoms with Gasteiger partial charge in [-0.1, -0.05) is 72.8 Å². The van der Waals surface area contributed by atoms with E-state index in [1.54, 1.807) is 4.90 Å². The van der Waals surface area contributed by atoms with Crippen molar-refractivity contribution in [1.29, 1.82) is 5.26 Å². The van der Waals surface area contributed by atoms with Crippen LogP contribution >= 0.6 is 0 Å². The summed E-state index contributed by atoms with van der Waals surface area (Å²) in [6.07, 6.45) is 0.617. The van der Waals surface area contributed by atoms with E-state index in [1.165, 1.54) is 0 Å². The maximum absolute atomic E-state index is 15.1. The minimum Gasteiger partial charge on any atom is -0.438 e. The molecule has 222 valence electrons. The van der Waals surface area contributed by atoms with Crippen LogP contribution in [0.3, 0.4) is 0 Å². The summed E-state index contributed by atoms with van der Waals surface area (Å²) < 4.78 is 36.6. The monoisotopic (exact) mass is 581 g/mol. The van der Waals surface area contributed by atoms with Gasteiger partial charge in [0.15, 0.2) is 11.6 Å². The Hall–Kier alpha value is -4.44. The van der Waals surface area contributed by atoms with Crippen molar-refractivity contribution >= 4 is 22.6 Å². The van der Waals surface area contributed by atoms with Crippen molar-refractivity contribution in [3.63, 3.8) is 0 Å². The Morgan fingerprint density at radius 2 is 1.63 bits per heavy atom. The van der Waals surface area contributed by atoms with Crippen LogP contribution in [0.25, 0.3) is 10.8 Å². The Kier molecular flexibility index (Phi) is 8.41. The first-order chi connectivity index (χ1) is 20.5. The van der Waals surface area contributed by atoms with E-state index < -0.39 is 28.9 Å². The summed E-state index contributed by atoms with van der Waals surface area (Å²) in [5, 5.41) is 14.2. The van der Waals surface area contributed by atoms with Gasteiger partial charge in [-0.3, -0.25) is 0 Å². The summed E-state index contributed by atoms with van der Waals surface area (Å²) in [5.41, 5.74) is 0.310. The number of carbonyl (C=O) groups excluding carboxylic acids is 1. The number of nitriles is 1. The number of piperidine rings is 1. The second-order valence-electron chi connectivity index (χ2n) is 12.6. The van der Waals surface area contributed by atoms with Gasteiger partial charge in [-0.05, 0) is 74.9 Å². The lowest BCUT2D eigenvalue weighted by Gasteiger charge is -2.44. The zero-order chi connectivity index (χ0) is 30.8. The van der Waals surface area contributed by atoms with Gasteiger partial charge in [-0.2, -0.15) is 5.26 Å². The largest absolute Gasteiger partial charge is 0.438 e. The Morgan fingerprint density at radius 1 is 0.977 bits per heavy atom. The second kappa shape index (κ2) is 12.0. The number of carbonyl (C=O) groups is 1. The number of benzene rings is 4. The number of rotatable bonds is 6. The lowest BCUT2D eigenvalue weighted by Crippen LogP contribution is -2.46. The molecular formula is C36H37F2N3O2. The SMILES string of the molecule is CC(C)(C)NC(=O)O[C@](C)(CC1CCN(c2c(F)cc(C#N)cc2F)CC1c1ccccc1)c1cccc2ccccc12. The third kappa shape index (κ3) is 6.64. The van der Waals surface area contributed by atoms with Crippen LogP contribution in [0.4, 0.5) is 19.3 Å². The molecule has 1 aliphatic rings. The second-order valence-corrected chi connectivity index (χ2v) is 12.6. The van der Waals surface area contributed by atoms with Crippen LogP contribution in [-0.4, -0.2) is 24.7 Å². The van der Waals surface area contributed by atoms with Gasteiger partial charge >= 0.3 is 6.09 Å². The molecule has 1 fully saturated rings. The molecular weight excluding hydrogens is 544 g/mol. The highest BCUT2D eigenvalue weighted by Crippen LogP contribution is 2.45. The van der Waals surface area contributed by atoms with E-state index in [9.17, 15) is 4.79 Å². The van der Waals surface area contributed by atoms with Gasteiger partial charge in [-0.15, -0.1) is 0 Å². The number of hydrogen-bond donors (Lipinski definition) is 1. The van der Waals surface area contributed by atoms with E-state index in [-0.39, 0.29) is 23.1 Å². The Bertz CT molecular complexity index is 1630. The minimum absolute atomic E-state index is 0.0227. The van der Waals surface area contributed by atoms with Crippen molar-refractivity contribution in [2.45, 2.75) is 57.6 Å². The van der Waals surface area contributed by atoms with Crippen LogP contribution in [0.5, 0.6) is 0 Å². The fourth-order valence-electron chi connectivity index (χ4n) is 6.39. The molecule has 0 aliphatic carbocycles. The molecule has 0 spiro atoms. The average Bonchev–Trinajstić information content (AvgIpc) is 2.96. The van der Waals surface area contributed by atoms with Crippen molar-refractivity contribution in [2.24, 2.45) is 5.92 Å². The third-order valence-corrected chi connectivity index (χ3v) is 8.25. The molecule has 1 heterocycles. The molecule has 0 bridgehead atoms. The highest BCUT2D eigenvalue weighted by atomic mass is 19.1. The average molecular weight is 582 g/mol. The van der Waals surface area contributed by atoms with Gasteiger partial charge in [0, 0.05) is 30.1 Å². The number of nitrogens with one attached hydrogen (secondary N) is 1. The molecule has 4 aromatic rings. The summed E-state index contributed by atoms with van der Waals surface area (Å²) >= 11 is 0. The predicted octanol–water partition coefficient (Wildman–Crippen LogP) is 8.43. The van der Waals surface area contributed by atoms with E-state index in [0.717, 1.165) is 34.0 Å². The molecule has 2 unspecified atom stereocenters. The quantitative estimate of drug-likeness (QED) is 0.248. The summed E-state index contributed by atoms with van der Waals surface area (Å²) in [6, 6.07) is 28.0. The van der Waals surface area contributed by atoms with E-state index in [0.29, 0.717) is 25.9 Å². The lowest BCUT2D eigenvalue weighted by molar-refractivity contribution is -0.00432. The fraction of sp³-hybridized carbons (Fsp3) is 0.333. The summed E-state index contributed by atoms with van der Waals surface area (Å²) in [6.45, 7) is 8.47. The fourth-order valence-corrected chi connectivity index (χ4v) is 6.39. The first kappa shape index (κ1) is 30.0. The first-order valence-corrected chi connectivity index (χ1v) is 14.7. The van der Waals surface area contributed by atoms with Crippen LogP contribution in [0.15, 0.2) is 84.9 Å². The van der Waals surface area contributed by atoms with E-state index in [4.69, 9.17) is 10.00 Å². The van der Waals surface area contributed by atoms with Crippen molar-refractivity contribution in [2.75, 3.05) is 18.0 Å². The first-order valence-electron chi connectivity index (χ1n) is 14.7. The molecule has 43 heavy (non-hydrogen) atoms. The smallest absolute Gasteiger partial charge is 0.408 e. The van der Waals surface area contributed by atoms with Gasteiger partial charge in [0.1, 0.15) is 11.3 Å². The molecule has 0 saturated carbocycles. The minimum atomic E-state index is -0.999. The van der Waals surface area contributed by atoms with Gasteiger partial charge in [0.25, 0.3) is 0 Å². The Labute approximate surface area is 252 Å². The molecule has 0 aromatic heterocycles. The Balaban J connectivity index is 1.54. The van der Waals surface area contributed by atoms with Crippen molar-refractivity contribution < 1.29 is 18.3 Å². The molecule has 1 N–H and O–H groups in total. The number of amides is 1. The number of anilines is 1. The number of ether oxygens (including phenoxy) is 1. The summed E-state index contributed by atoms with van der Waals surface area (Å²) in [5.74, 6) is -1.57. The number of halogens is 2. The number of fused-ring (bicyclic) bond motifs is 1. The number of alkyl carbamates (subject to hydrolysis) is 1. The zero-order valence-electron chi connectivity index (χ0n) is 25.0. The highest BCUT2D eigenvalue weighted by Gasteiger charge is 2.41. The topological polar surface area (TPSA) is 65.4 Å². The van der Waals surface area contributed by atoms with Crippen LogP contribution in [-0.2, 0) is 10.3 Å². The molecule has 5 rings (SSSR count). The van der Waals surface area contributed by atoms with Crippen LogP contribution in [0.2, 0.25) is 0 Å². The maximum Gasteiger partial charge on any atom is 0.408 e. The molecule has 1 saturated heterocycles. The predicted molar refractivity (Wildman–Crippen MR) is 166 cm³/mol. The van der Waals surface area contributed by atoms with E-state index >= 15 is 8.78 Å². The van der Waals surface area contributed by atoms with E-state index in [2.05, 4.69) is 5.32 Å². The van der Waals surface area contributed by atoms with Crippen molar-refractivity contribution in [3.8, 4) is 6.07 Å². The Morgan fingerprint density at radius 3 is 2.30 bits per heavy atom. The van der Waals surface area contributed by atoms with Crippen LogP contribution in [0.1, 0.15) is 63.1 Å². The van der Waals surface area contributed by atoms with Crippen LogP contribution in [0, 0.1) is 28.9 Å². The van der Waals surface area contributed by atoms with Crippen molar-refractivity contribution in [1.82, 2.24) is 5.32 Å². The molecule has 3 atom stereocenters. The van der Waals surface area contributed by atoms with Crippen molar-refractivity contribution in [3.05, 3.63) is 113 Å². The van der Waals surface area contributed by atoms with Gasteiger partial charge < -0.3 is 15.0 Å². The van der Waals surface area contributed by atoms with Crippen LogP contribution < -0.4 is 10.2 Å². The summed E-state index contributed by atoms with van der Waals surface area (Å²) in [7, 11) is 0. The lowest BCUT2D eigenvalue weighted by atomic mass is 9.73. The summed E-state index contributed by atoms with van der Waals surface area (Å²) in [4.78, 5) is 15.0. The molecule has 1 aliphatic heterocycles. The van der Waals surface area contributed by atoms with E-state index in [1.807, 2.05) is 107 Å². The third-order valence-electron chi connectivity index (χ3n) is 8.25. The molecule has 1 amide bonds.